The fourth-order valence-electron chi connectivity index (χ4n) is 1.24. The van der Waals surface area contributed by atoms with E-state index < -0.39 is 10.0 Å². The molecule has 1 heterocycles. The van der Waals surface area contributed by atoms with E-state index in [0.717, 1.165) is 0 Å². The molecule has 0 fully saturated rings. The van der Waals surface area contributed by atoms with Crippen LogP contribution in [0.3, 0.4) is 0 Å². The lowest BCUT2D eigenvalue weighted by atomic mass is 10.2. The first kappa shape index (κ1) is 13.5. The molecule has 7 heteroatoms. The molecule has 1 aromatic rings. The minimum Gasteiger partial charge on any atom is -0.360 e. The average molecular weight is 267 g/mol. The number of halogens is 1. The third-order valence-electron chi connectivity index (χ3n) is 2.12. The Morgan fingerprint density at radius 2 is 2.12 bits per heavy atom. The molecule has 1 aromatic heterocycles. The summed E-state index contributed by atoms with van der Waals surface area (Å²) in [4.78, 5) is 0.120. The van der Waals surface area contributed by atoms with Crippen LogP contribution in [-0.2, 0) is 10.0 Å². The third-order valence-corrected chi connectivity index (χ3v) is 4.32. The first-order valence-electron chi connectivity index (χ1n) is 4.87. The Morgan fingerprint density at radius 1 is 1.50 bits per heavy atom. The van der Waals surface area contributed by atoms with Crippen molar-refractivity contribution in [3.63, 3.8) is 0 Å². The van der Waals surface area contributed by atoms with Crippen molar-refractivity contribution in [3.05, 3.63) is 11.5 Å². The third kappa shape index (κ3) is 2.96. The van der Waals surface area contributed by atoms with E-state index in [2.05, 4.69) is 9.88 Å². The van der Waals surface area contributed by atoms with Gasteiger partial charge in [-0.1, -0.05) is 12.1 Å². The van der Waals surface area contributed by atoms with Gasteiger partial charge in [0.2, 0.25) is 10.0 Å². The molecule has 1 N–H and O–H groups in total. The summed E-state index contributed by atoms with van der Waals surface area (Å²) in [5.41, 5.74) is 0.364. The lowest BCUT2D eigenvalue weighted by Gasteiger charge is -2.09. The zero-order valence-electron chi connectivity index (χ0n) is 9.45. The molecule has 5 nitrogen and oxygen atoms in total. The molecule has 0 amide bonds. The highest BCUT2D eigenvalue weighted by molar-refractivity contribution is 7.89. The van der Waals surface area contributed by atoms with Gasteiger partial charge in [-0.2, -0.15) is 0 Å². The molecule has 1 rings (SSSR count). The predicted octanol–water partition coefficient (Wildman–Crippen LogP) is 1.44. The van der Waals surface area contributed by atoms with Crippen molar-refractivity contribution >= 4 is 21.6 Å². The van der Waals surface area contributed by atoms with E-state index in [9.17, 15) is 8.42 Å². The minimum absolute atomic E-state index is 0.0805. The molecule has 1 unspecified atom stereocenters. The summed E-state index contributed by atoms with van der Waals surface area (Å²) >= 11 is 5.60. The molecule has 16 heavy (non-hydrogen) atoms. The average Bonchev–Trinajstić information content (AvgIpc) is 2.55. The van der Waals surface area contributed by atoms with Crippen molar-refractivity contribution in [3.8, 4) is 0 Å². The van der Waals surface area contributed by atoms with E-state index in [1.165, 1.54) is 0 Å². The molecule has 0 bridgehead atoms. The van der Waals surface area contributed by atoms with Gasteiger partial charge >= 0.3 is 0 Å². The van der Waals surface area contributed by atoms with Gasteiger partial charge in [-0.15, -0.1) is 11.6 Å². The van der Waals surface area contributed by atoms with Crippen LogP contribution in [0.5, 0.6) is 0 Å². The maximum Gasteiger partial charge on any atom is 0.245 e. The Hall–Kier alpha value is -0.590. The van der Waals surface area contributed by atoms with E-state index in [4.69, 9.17) is 16.1 Å². The van der Waals surface area contributed by atoms with Crippen LogP contribution in [-0.4, -0.2) is 26.0 Å². The SMILES string of the molecule is Cc1noc(C)c1S(=O)(=O)NCC(C)CCl. The Balaban J connectivity index is 2.87. The van der Waals surface area contributed by atoms with Gasteiger partial charge in [0.25, 0.3) is 0 Å². The summed E-state index contributed by atoms with van der Waals surface area (Å²) in [6, 6.07) is 0. The van der Waals surface area contributed by atoms with E-state index in [-0.39, 0.29) is 10.8 Å². The Morgan fingerprint density at radius 3 is 2.56 bits per heavy atom. The number of aromatic nitrogens is 1. The van der Waals surface area contributed by atoms with Crippen LogP contribution < -0.4 is 4.72 Å². The van der Waals surface area contributed by atoms with Gasteiger partial charge in [-0.05, 0) is 19.8 Å². The summed E-state index contributed by atoms with van der Waals surface area (Å²) in [5.74, 6) is 0.782. The summed E-state index contributed by atoms with van der Waals surface area (Å²) < 4.78 is 31.1. The van der Waals surface area contributed by atoms with Crippen LogP contribution in [0.2, 0.25) is 0 Å². The lowest BCUT2D eigenvalue weighted by molar-refractivity contribution is 0.390. The minimum atomic E-state index is -3.55. The van der Waals surface area contributed by atoms with Gasteiger partial charge in [0.1, 0.15) is 10.6 Å². The molecule has 0 saturated heterocycles. The highest BCUT2D eigenvalue weighted by atomic mass is 35.5. The van der Waals surface area contributed by atoms with Crippen molar-refractivity contribution in [2.75, 3.05) is 12.4 Å². The highest BCUT2D eigenvalue weighted by Crippen LogP contribution is 2.18. The zero-order chi connectivity index (χ0) is 12.3. The molecule has 0 aliphatic carbocycles. The fourth-order valence-corrected chi connectivity index (χ4v) is 2.84. The molecule has 92 valence electrons. The fraction of sp³-hybridized carbons (Fsp3) is 0.667. The zero-order valence-corrected chi connectivity index (χ0v) is 11.0. The number of rotatable bonds is 5. The monoisotopic (exact) mass is 266 g/mol. The Bertz CT molecular complexity index is 436. The standard InChI is InChI=1S/C9H15ClN2O3S/c1-6(4-10)5-11-16(13,14)9-7(2)12-15-8(9)3/h6,11H,4-5H2,1-3H3. The Labute approximate surface area is 100 Å². The molecule has 0 spiro atoms. The van der Waals surface area contributed by atoms with E-state index in [1.807, 2.05) is 6.92 Å². The van der Waals surface area contributed by atoms with Crippen LogP contribution in [0.15, 0.2) is 9.42 Å². The second-order valence-corrected chi connectivity index (χ2v) is 5.78. The molecule has 0 radical (unpaired) electrons. The molecule has 1 atom stereocenters. The van der Waals surface area contributed by atoms with Gasteiger partial charge in [-0.3, -0.25) is 0 Å². The van der Waals surface area contributed by atoms with Gasteiger partial charge in [0, 0.05) is 12.4 Å². The smallest absolute Gasteiger partial charge is 0.245 e. The largest absolute Gasteiger partial charge is 0.360 e. The van der Waals surface area contributed by atoms with Crippen molar-refractivity contribution < 1.29 is 12.9 Å². The number of sulfonamides is 1. The predicted molar refractivity (Wildman–Crippen MR) is 61.0 cm³/mol. The molecule has 0 aliphatic heterocycles. The van der Waals surface area contributed by atoms with Crippen molar-refractivity contribution in [2.24, 2.45) is 5.92 Å². The topological polar surface area (TPSA) is 72.2 Å². The summed E-state index contributed by atoms with van der Waals surface area (Å²) in [7, 11) is -3.55. The van der Waals surface area contributed by atoms with Crippen LogP contribution in [0.1, 0.15) is 18.4 Å². The van der Waals surface area contributed by atoms with E-state index >= 15 is 0 Å². The number of nitrogens with zero attached hydrogens (tertiary/aromatic N) is 1. The highest BCUT2D eigenvalue weighted by Gasteiger charge is 2.24. The number of hydrogen-bond acceptors (Lipinski definition) is 4. The molecule has 0 saturated carbocycles. The van der Waals surface area contributed by atoms with Crippen LogP contribution in [0.4, 0.5) is 0 Å². The van der Waals surface area contributed by atoms with E-state index in [1.54, 1.807) is 13.8 Å². The number of alkyl halides is 1. The second kappa shape index (κ2) is 5.16. The van der Waals surface area contributed by atoms with Gasteiger partial charge in [0.15, 0.2) is 5.76 Å². The first-order chi connectivity index (χ1) is 7.38. The lowest BCUT2D eigenvalue weighted by Crippen LogP contribution is -2.29. The van der Waals surface area contributed by atoms with Crippen molar-refractivity contribution in [1.29, 1.82) is 0 Å². The second-order valence-electron chi connectivity index (χ2n) is 3.76. The van der Waals surface area contributed by atoms with Gasteiger partial charge < -0.3 is 4.52 Å². The van der Waals surface area contributed by atoms with Crippen molar-refractivity contribution in [1.82, 2.24) is 9.88 Å². The molecule has 0 aromatic carbocycles. The van der Waals surface area contributed by atoms with Crippen molar-refractivity contribution in [2.45, 2.75) is 25.7 Å². The number of aryl methyl sites for hydroxylation is 2. The summed E-state index contributed by atoms with van der Waals surface area (Å²) in [5, 5.41) is 3.61. The number of hydrogen-bond donors (Lipinski definition) is 1. The molecule has 0 aliphatic rings. The van der Waals surface area contributed by atoms with Crippen LogP contribution in [0, 0.1) is 19.8 Å². The summed E-state index contributed by atoms with van der Waals surface area (Å²) in [6.07, 6.45) is 0. The maximum absolute atomic E-state index is 11.9. The molecular formula is C9H15ClN2O3S. The quantitative estimate of drug-likeness (QED) is 0.819. The number of nitrogens with one attached hydrogen (secondary N) is 1. The molecular weight excluding hydrogens is 252 g/mol. The maximum atomic E-state index is 11.9. The van der Waals surface area contributed by atoms with Crippen LogP contribution in [0.25, 0.3) is 0 Å². The Kier molecular flexibility index (Phi) is 4.35. The van der Waals surface area contributed by atoms with E-state index in [0.29, 0.717) is 23.9 Å². The normalized spacial score (nSPS) is 14.0. The van der Waals surface area contributed by atoms with Crippen LogP contribution >= 0.6 is 11.6 Å². The first-order valence-corrected chi connectivity index (χ1v) is 6.88. The summed E-state index contributed by atoms with van der Waals surface area (Å²) in [6.45, 7) is 5.33. The van der Waals surface area contributed by atoms with Gasteiger partial charge in [0.05, 0.1) is 0 Å². The van der Waals surface area contributed by atoms with Gasteiger partial charge in [-0.25, -0.2) is 13.1 Å².